The Bertz CT molecular complexity index is 1480. The van der Waals surface area contributed by atoms with E-state index in [-0.39, 0.29) is 5.75 Å². The van der Waals surface area contributed by atoms with Crippen LogP contribution in [-0.4, -0.2) is 57.1 Å². The van der Waals surface area contributed by atoms with Gasteiger partial charge in [0.15, 0.2) is 5.82 Å². The van der Waals surface area contributed by atoms with Crippen LogP contribution in [0.5, 0.6) is 11.5 Å². The minimum absolute atomic E-state index is 0.151. The summed E-state index contributed by atoms with van der Waals surface area (Å²) in [6.45, 7) is 2.46. The number of unbranched alkanes of at least 4 members (excludes halogenated alkanes) is 1. The van der Waals surface area contributed by atoms with Crippen LogP contribution in [0.15, 0.2) is 66.7 Å². The molecule has 0 atom stereocenters. The van der Waals surface area contributed by atoms with Crippen molar-refractivity contribution >= 4 is 32.2 Å². The number of nitrogens with two attached hydrogens (primary N) is 1. The van der Waals surface area contributed by atoms with E-state index in [1.54, 1.807) is 7.11 Å². The number of ether oxygens (including phenoxy) is 2. The van der Waals surface area contributed by atoms with Gasteiger partial charge in [-0.3, -0.25) is 0 Å². The van der Waals surface area contributed by atoms with E-state index in [0.717, 1.165) is 53.9 Å². The molecule has 0 amide bonds. The Morgan fingerprint density at radius 2 is 1.67 bits per heavy atom. The fraction of sp³-hybridized carbons (Fsp3) is 0.310. The van der Waals surface area contributed by atoms with Gasteiger partial charge >= 0.3 is 0 Å². The lowest BCUT2D eigenvalue weighted by atomic mass is 10.1. The summed E-state index contributed by atoms with van der Waals surface area (Å²) in [4.78, 5) is 9.31. The molecule has 1 aromatic heterocycles. The van der Waals surface area contributed by atoms with Gasteiger partial charge in [0.05, 0.1) is 24.1 Å². The van der Waals surface area contributed by atoms with E-state index in [0.29, 0.717) is 36.1 Å². The number of sulfone groups is 1. The number of fused-ring (bicyclic) bond motifs is 1. The third-order valence-corrected chi connectivity index (χ3v) is 7.10. The van der Waals surface area contributed by atoms with Crippen molar-refractivity contribution in [3.05, 3.63) is 72.3 Å². The number of rotatable bonds is 14. The molecule has 206 valence electrons. The molecule has 3 aromatic carbocycles. The summed E-state index contributed by atoms with van der Waals surface area (Å²) in [5.41, 5.74) is 9.80. The number of hydrogen-bond acceptors (Lipinski definition) is 9. The van der Waals surface area contributed by atoms with Crippen LogP contribution in [0.1, 0.15) is 18.4 Å². The van der Waals surface area contributed by atoms with Crippen LogP contribution in [0, 0.1) is 0 Å². The Kier molecular flexibility index (Phi) is 9.56. The van der Waals surface area contributed by atoms with Crippen LogP contribution in [0.2, 0.25) is 0 Å². The summed E-state index contributed by atoms with van der Waals surface area (Å²) in [5.74, 6) is 2.49. The summed E-state index contributed by atoms with van der Waals surface area (Å²) < 4.78 is 33.9. The second-order valence-electron chi connectivity index (χ2n) is 9.31. The van der Waals surface area contributed by atoms with Gasteiger partial charge in [-0.15, -0.1) is 0 Å². The van der Waals surface area contributed by atoms with Crippen molar-refractivity contribution in [3.8, 4) is 22.9 Å². The van der Waals surface area contributed by atoms with Gasteiger partial charge in [-0.1, -0.05) is 30.3 Å². The van der Waals surface area contributed by atoms with E-state index in [9.17, 15) is 8.42 Å². The number of anilines is 2. The molecule has 10 heteroatoms. The van der Waals surface area contributed by atoms with Crippen LogP contribution in [0.25, 0.3) is 22.3 Å². The van der Waals surface area contributed by atoms with Crippen molar-refractivity contribution in [2.45, 2.75) is 19.4 Å². The van der Waals surface area contributed by atoms with E-state index in [4.69, 9.17) is 20.2 Å². The molecule has 9 nitrogen and oxygen atoms in total. The van der Waals surface area contributed by atoms with Gasteiger partial charge < -0.3 is 25.8 Å². The van der Waals surface area contributed by atoms with Gasteiger partial charge in [-0.05, 0) is 61.3 Å². The highest BCUT2D eigenvalue weighted by atomic mass is 32.2. The molecule has 0 radical (unpaired) electrons. The Labute approximate surface area is 229 Å². The minimum atomic E-state index is -2.94. The Hall–Kier alpha value is -3.89. The van der Waals surface area contributed by atoms with Crippen LogP contribution >= 0.6 is 0 Å². The number of nitrogens with zero attached hydrogens (tertiary/aromatic N) is 2. The molecule has 0 spiro atoms. The van der Waals surface area contributed by atoms with Gasteiger partial charge in [0.1, 0.15) is 33.8 Å². The maximum absolute atomic E-state index is 11.2. The zero-order chi connectivity index (χ0) is 27.7. The Balaban J connectivity index is 1.39. The average molecular weight is 550 g/mol. The molecule has 0 aliphatic heterocycles. The maximum Gasteiger partial charge on any atom is 0.162 e. The monoisotopic (exact) mass is 549 g/mol. The third kappa shape index (κ3) is 8.30. The number of methoxy groups -OCH3 is 1. The van der Waals surface area contributed by atoms with Crippen molar-refractivity contribution in [2.24, 2.45) is 0 Å². The minimum Gasteiger partial charge on any atom is -0.495 e. The van der Waals surface area contributed by atoms with Crippen LogP contribution in [0.4, 0.5) is 11.5 Å². The molecule has 1 heterocycles. The van der Waals surface area contributed by atoms with Crippen molar-refractivity contribution in [1.82, 2.24) is 15.3 Å². The first kappa shape index (κ1) is 28.1. The highest BCUT2D eigenvalue weighted by molar-refractivity contribution is 7.90. The van der Waals surface area contributed by atoms with Gasteiger partial charge in [0.2, 0.25) is 0 Å². The molecular formula is C29H35N5O4S. The Morgan fingerprint density at radius 3 is 2.38 bits per heavy atom. The van der Waals surface area contributed by atoms with Crippen molar-refractivity contribution in [2.75, 3.05) is 49.8 Å². The molecular weight excluding hydrogens is 514 g/mol. The smallest absolute Gasteiger partial charge is 0.162 e. The quantitative estimate of drug-likeness (QED) is 0.197. The van der Waals surface area contributed by atoms with Crippen molar-refractivity contribution < 1.29 is 17.9 Å². The first-order valence-corrected chi connectivity index (χ1v) is 14.9. The number of benzene rings is 3. The normalized spacial score (nSPS) is 11.4. The second kappa shape index (κ2) is 13.3. The molecule has 4 rings (SSSR count). The van der Waals surface area contributed by atoms with Gasteiger partial charge in [0, 0.05) is 30.3 Å². The van der Waals surface area contributed by atoms with Crippen molar-refractivity contribution in [3.63, 3.8) is 0 Å². The molecule has 0 unspecified atom stereocenters. The summed E-state index contributed by atoms with van der Waals surface area (Å²) in [5, 5.41) is 7.30. The van der Waals surface area contributed by atoms with Gasteiger partial charge in [0.25, 0.3) is 0 Å². The molecule has 39 heavy (non-hydrogen) atoms. The van der Waals surface area contributed by atoms with E-state index < -0.39 is 9.84 Å². The summed E-state index contributed by atoms with van der Waals surface area (Å²) in [7, 11) is -1.32. The zero-order valence-electron chi connectivity index (χ0n) is 22.3. The topological polar surface area (TPSA) is 128 Å². The molecule has 0 bridgehead atoms. The van der Waals surface area contributed by atoms with Crippen LogP contribution < -0.4 is 25.8 Å². The Morgan fingerprint density at radius 1 is 0.923 bits per heavy atom. The highest BCUT2D eigenvalue weighted by Gasteiger charge is 2.13. The molecule has 4 N–H and O–H groups in total. The van der Waals surface area contributed by atoms with Gasteiger partial charge in [-0.2, -0.15) is 0 Å². The number of nitrogen functional groups attached to an aromatic ring is 1. The molecule has 0 saturated carbocycles. The first-order valence-electron chi connectivity index (χ1n) is 12.9. The second-order valence-corrected chi connectivity index (χ2v) is 11.6. The SMILES string of the molecule is COc1cc2c(N)nc(-c3ccc(OCc4ccccc4)cc3)nc2cc1NCCCCNCCS(C)(=O)=O. The predicted octanol–water partition coefficient (Wildman–Crippen LogP) is 4.29. The number of aromatic nitrogens is 2. The molecule has 4 aromatic rings. The van der Waals surface area contributed by atoms with E-state index in [1.807, 2.05) is 66.7 Å². The fourth-order valence-electron chi connectivity index (χ4n) is 4.04. The standard InChI is InChI=1S/C29H35N5O4S/c1-37-27-18-24-25(19-26(27)32-15-7-6-14-31-16-17-39(2,35)36)33-29(34-28(24)30)22-10-12-23(13-11-22)38-20-21-8-4-3-5-9-21/h3-5,8-13,18-19,31-32H,6-7,14-17,20H2,1-2H3,(H2,30,33,34). The fourth-order valence-corrected chi connectivity index (χ4v) is 4.55. The first-order chi connectivity index (χ1) is 18.8. The van der Waals surface area contributed by atoms with Crippen molar-refractivity contribution in [1.29, 1.82) is 0 Å². The molecule has 0 aliphatic carbocycles. The average Bonchev–Trinajstić information content (AvgIpc) is 2.93. The van der Waals surface area contributed by atoms with E-state index in [1.165, 1.54) is 6.26 Å². The van der Waals surface area contributed by atoms with Crippen LogP contribution in [0.3, 0.4) is 0 Å². The lowest BCUT2D eigenvalue weighted by Crippen LogP contribution is -2.23. The zero-order valence-corrected chi connectivity index (χ0v) is 23.1. The van der Waals surface area contributed by atoms with E-state index >= 15 is 0 Å². The number of hydrogen-bond donors (Lipinski definition) is 3. The largest absolute Gasteiger partial charge is 0.495 e. The molecule has 0 aliphatic rings. The van der Waals surface area contributed by atoms with Gasteiger partial charge in [-0.25, -0.2) is 18.4 Å². The van der Waals surface area contributed by atoms with Crippen LogP contribution in [-0.2, 0) is 16.4 Å². The van der Waals surface area contributed by atoms with E-state index in [2.05, 4.69) is 15.6 Å². The molecule has 0 saturated heterocycles. The highest BCUT2D eigenvalue weighted by Crippen LogP contribution is 2.33. The maximum atomic E-state index is 11.2. The lowest BCUT2D eigenvalue weighted by molar-refractivity contribution is 0.306. The predicted molar refractivity (Wildman–Crippen MR) is 157 cm³/mol. The summed E-state index contributed by atoms with van der Waals surface area (Å²) >= 11 is 0. The number of nitrogens with one attached hydrogen (secondary N) is 2. The summed E-state index contributed by atoms with van der Waals surface area (Å²) in [6, 6.07) is 21.5. The summed E-state index contributed by atoms with van der Waals surface area (Å²) in [6.07, 6.45) is 3.07. The lowest BCUT2D eigenvalue weighted by Gasteiger charge is -2.14. The molecule has 0 fully saturated rings. The third-order valence-electron chi connectivity index (χ3n) is 6.15.